The van der Waals surface area contributed by atoms with Gasteiger partial charge in [0.25, 0.3) is 0 Å². The normalized spacial score (nSPS) is 11.6. The van der Waals surface area contributed by atoms with Crippen molar-refractivity contribution in [3.63, 3.8) is 0 Å². The van der Waals surface area contributed by atoms with E-state index >= 15 is 0 Å². The number of hydrogen-bond acceptors (Lipinski definition) is 2. The standard InChI is InChI=1S/C14H8ClF5O2/c15-11-7-9(4-5-12(11)21-13(16)17)8-2-1-3-10(6-8)22-14(18,19)20/h1-7,13H. The van der Waals surface area contributed by atoms with E-state index in [4.69, 9.17) is 11.6 Å². The van der Waals surface area contributed by atoms with Gasteiger partial charge in [0.2, 0.25) is 0 Å². The van der Waals surface area contributed by atoms with Gasteiger partial charge in [-0.3, -0.25) is 0 Å². The third-order valence-corrected chi connectivity index (χ3v) is 2.84. The Hall–Kier alpha value is -2.02. The van der Waals surface area contributed by atoms with Crippen molar-refractivity contribution < 1.29 is 31.4 Å². The van der Waals surface area contributed by atoms with Crippen LogP contribution in [0.2, 0.25) is 5.02 Å². The van der Waals surface area contributed by atoms with Crippen LogP contribution in [0.3, 0.4) is 0 Å². The quantitative estimate of drug-likeness (QED) is 0.685. The first kappa shape index (κ1) is 16.4. The monoisotopic (exact) mass is 338 g/mol. The first-order chi connectivity index (χ1) is 10.2. The fourth-order valence-electron chi connectivity index (χ4n) is 1.74. The molecule has 2 nitrogen and oxygen atoms in total. The second kappa shape index (κ2) is 6.39. The Morgan fingerprint density at radius 1 is 0.955 bits per heavy atom. The molecule has 0 atom stereocenters. The highest BCUT2D eigenvalue weighted by Crippen LogP contribution is 2.33. The summed E-state index contributed by atoms with van der Waals surface area (Å²) in [5.41, 5.74) is 0.812. The van der Waals surface area contributed by atoms with E-state index in [0.717, 1.165) is 12.1 Å². The Bertz CT molecular complexity index is 658. The summed E-state index contributed by atoms with van der Waals surface area (Å²) in [5.74, 6) is -0.614. The first-order valence-corrected chi connectivity index (χ1v) is 6.23. The molecule has 2 rings (SSSR count). The highest BCUT2D eigenvalue weighted by atomic mass is 35.5. The van der Waals surface area contributed by atoms with Crippen LogP contribution in [0.25, 0.3) is 11.1 Å². The molecule has 2 aromatic rings. The van der Waals surface area contributed by atoms with Gasteiger partial charge in [0.15, 0.2) is 0 Å². The molecule has 0 N–H and O–H groups in total. The van der Waals surface area contributed by atoms with Crippen molar-refractivity contribution in [2.45, 2.75) is 13.0 Å². The molecular formula is C14H8ClF5O2. The summed E-state index contributed by atoms with van der Waals surface area (Å²) in [6.07, 6.45) is -4.80. The van der Waals surface area contributed by atoms with Crippen molar-refractivity contribution in [1.29, 1.82) is 0 Å². The SMILES string of the molecule is FC(F)Oc1ccc(-c2cccc(OC(F)(F)F)c2)cc1Cl. The Morgan fingerprint density at radius 3 is 2.23 bits per heavy atom. The molecule has 0 fully saturated rings. The molecule has 0 aliphatic carbocycles. The molecule has 0 spiro atoms. The molecule has 8 heteroatoms. The summed E-state index contributed by atoms with van der Waals surface area (Å²) in [6.45, 7) is -3.02. The van der Waals surface area contributed by atoms with Gasteiger partial charge in [-0.25, -0.2) is 0 Å². The van der Waals surface area contributed by atoms with Crippen molar-refractivity contribution >= 4 is 11.6 Å². The van der Waals surface area contributed by atoms with Crippen LogP contribution in [0.1, 0.15) is 0 Å². The van der Waals surface area contributed by atoms with E-state index in [0.29, 0.717) is 11.1 Å². The average Bonchev–Trinajstić information content (AvgIpc) is 2.39. The Balaban J connectivity index is 2.28. The van der Waals surface area contributed by atoms with Gasteiger partial charge in [-0.15, -0.1) is 13.2 Å². The van der Waals surface area contributed by atoms with E-state index < -0.39 is 18.7 Å². The smallest absolute Gasteiger partial charge is 0.433 e. The molecule has 0 amide bonds. The van der Waals surface area contributed by atoms with Crippen LogP contribution in [-0.2, 0) is 0 Å². The Labute approximate surface area is 127 Å². The number of ether oxygens (including phenoxy) is 2. The molecule has 0 aromatic heterocycles. The zero-order valence-corrected chi connectivity index (χ0v) is 11.5. The van der Waals surface area contributed by atoms with Gasteiger partial charge >= 0.3 is 13.0 Å². The number of alkyl halides is 5. The lowest BCUT2D eigenvalue weighted by Gasteiger charge is -2.11. The van der Waals surface area contributed by atoms with Crippen molar-refractivity contribution in [1.82, 2.24) is 0 Å². The molecule has 0 bridgehead atoms. The zero-order chi connectivity index (χ0) is 16.3. The third kappa shape index (κ3) is 4.49. The summed E-state index contributed by atoms with van der Waals surface area (Å²) in [7, 11) is 0. The van der Waals surface area contributed by atoms with Crippen LogP contribution < -0.4 is 9.47 Å². The molecule has 22 heavy (non-hydrogen) atoms. The molecular weight excluding hydrogens is 331 g/mol. The van der Waals surface area contributed by atoms with Crippen molar-refractivity contribution in [3.05, 3.63) is 47.5 Å². The van der Waals surface area contributed by atoms with Crippen LogP contribution >= 0.6 is 11.6 Å². The van der Waals surface area contributed by atoms with E-state index in [1.807, 2.05) is 0 Å². The molecule has 0 radical (unpaired) electrons. The molecule has 0 unspecified atom stereocenters. The average molecular weight is 339 g/mol. The molecule has 0 heterocycles. The lowest BCUT2D eigenvalue weighted by atomic mass is 10.1. The lowest BCUT2D eigenvalue weighted by molar-refractivity contribution is -0.274. The van der Waals surface area contributed by atoms with Crippen LogP contribution in [-0.4, -0.2) is 13.0 Å². The Morgan fingerprint density at radius 2 is 1.64 bits per heavy atom. The minimum Gasteiger partial charge on any atom is -0.433 e. The number of halogens is 6. The summed E-state index contributed by atoms with van der Waals surface area (Å²) >= 11 is 5.80. The maximum absolute atomic E-state index is 12.2. The van der Waals surface area contributed by atoms with E-state index in [-0.39, 0.29) is 10.8 Å². The van der Waals surface area contributed by atoms with Gasteiger partial charge in [0, 0.05) is 0 Å². The fraction of sp³-hybridized carbons (Fsp3) is 0.143. The van der Waals surface area contributed by atoms with E-state index in [2.05, 4.69) is 9.47 Å². The largest absolute Gasteiger partial charge is 0.573 e. The van der Waals surface area contributed by atoms with E-state index in [1.54, 1.807) is 0 Å². The Kier molecular flexibility index (Phi) is 4.75. The van der Waals surface area contributed by atoms with Gasteiger partial charge in [0.1, 0.15) is 11.5 Å². The molecule has 0 saturated heterocycles. The highest BCUT2D eigenvalue weighted by Gasteiger charge is 2.31. The third-order valence-electron chi connectivity index (χ3n) is 2.55. The van der Waals surface area contributed by atoms with Gasteiger partial charge in [-0.2, -0.15) is 8.78 Å². The van der Waals surface area contributed by atoms with Crippen molar-refractivity contribution in [2.75, 3.05) is 0 Å². The van der Waals surface area contributed by atoms with Crippen molar-refractivity contribution in [2.24, 2.45) is 0 Å². The van der Waals surface area contributed by atoms with Crippen LogP contribution in [0.4, 0.5) is 22.0 Å². The summed E-state index contributed by atoms with van der Waals surface area (Å²) in [4.78, 5) is 0. The second-order valence-electron chi connectivity index (χ2n) is 4.10. The minimum absolute atomic E-state index is 0.0834. The molecule has 0 aliphatic rings. The van der Waals surface area contributed by atoms with Gasteiger partial charge in [0.05, 0.1) is 5.02 Å². The number of rotatable bonds is 4. The zero-order valence-electron chi connectivity index (χ0n) is 10.7. The van der Waals surface area contributed by atoms with Crippen LogP contribution in [0.15, 0.2) is 42.5 Å². The predicted molar refractivity (Wildman–Crippen MR) is 70.2 cm³/mol. The van der Waals surface area contributed by atoms with Crippen LogP contribution in [0, 0.1) is 0 Å². The van der Waals surface area contributed by atoms with E-state index in [9.17, 15) is 22.0 Å². The van der Waals surface area contributed by atoms with Gasteiger partial charge in [-0.1, -0.05) is 29.8 Å². The van der Waals surface area contributed by atoms with E-state index in [1.165, 1.54) is 30.3 Å². The van der Waals surface area contributed by atoms with Crippen molar-refractivity contribution in [3.8, 4) is 22.6 Å². The molecule has 0 aliphatic heterocycles. The summed E-state index contributed by atoms with van der Waals surface area (Å²) in [6, 6.07) is 9.12. The molecule has 118 valence electrons. The maximum Gasteiger partial charge on any atom is 0.573 e. The summed E-state index contributed by atoms with van der Waals surface area (Å²) in [5, 5.41) is -0.0834. The van der Waals surface area contributed by atoms with Crippen LogP contribution in [0.5, 0.6) is 11.5 Å². The maximum atomic E-state index is 12.2. The lowest BCUT2D eigenvalue weighted by Crippen LogP contribution is -2.17. The topological polar surface area (TPSA) is 18.5 Å². The fourth-order valence-corrected chi connectivity index (χ4v) is 1.97. The summed E-state index contributed by atoms with van der Waals surface area (Å²) < 4.78 is 68.8. The highest BCUT2D eigenvalue weighted by molar-refractivity contribution is 6.32. The predicted octanol–water partition coefficient (Wildman–Crippen LogP) is 5.51. The van der Waals surface area contributed by atoms with Gasteiger partial charge < -0.3 is 9.47 Å². The first-order valence-electron chi connectivity index (χ1n) is 5.85. The number of hydrogen-bond donors (Lipinski definition) is 0. The molecule has 2 aromatic carbocycles. The second-order valence-corrected chi connectivity index (χ2v) is 4.51. The minimum atomic E-state index is -4.80. The molecule has 0 saturated carbocycles. The van der Waals surface area contributed by atoms with Gasteiger partial charge in [-0.05, 0) is 35.4 Å². The number of benzene rings is 2.